The Kier molecular flexibility index (Phi) is 6.80. The van der Waals surface area contributed by atoms with Gasteiger partial charge in [-0.1, -0.05) is 13.0 Å². The summed E-state index contributed by atoms with van der Waals surface area (Å²) in [4.78, 5) is 12.3. The number of carbonyl (C=O) groups is 1. The van der Waals surface area contributed by atoms with Gasteiger partial charge < -0.3 is 10.1 Å². The number of rotatable bonds is 9. The molecule has 0 aliphatic carbocycles. The first kappa shape index (κ1) is 21.5. The number of amides is 1. The number of hydrogen-bond donors (Lipinski definition) is 2. The molecule has 8 nitrogen and oxygen atoms in total. The molecule has 2 aromatic carbocycles. The second-order valence-electron chi connectivity index (χ2n) is 6.24. The summed E-state index contributed by atoms with van der Waals surface area (Å²) in [5.41, 5.74) is 0.00918. The van der Waals surface area contributed by atoms with E-state index in [1.807, 2.05) is 12.3 Å². The number of sulfonamides is 1. The Morgan fingerprint density at radius 1 is 1.20 bits per heavy atom. The van der Waals surface area contributed by atoms with E-state index in [1.165, 1.54) is 0 Å². The van der Waals surface area contributed by atoms with Crippen LogP contribution >= 0.6 is 0 Å². The smallest absolute Gasteiger partial charge is 0.258 e. The van der Waals surface area contributed by atoms with Gasteiger partial charge in [0, 0.05) is 30.7 Å². The lowest BCUT2D eigenvalue weighted by molar-refractivity contribution is 0.102. The molecule has 0 spiro atoms. The lowest BCUT2D eigenvalue weighted by Gasteiger charge is -2.11. The van der Waals surface area contributed by atoms with Crippen molar-refractivity contribution in [2.75, 3.05) is 18.5 Å². The summed E-state index contributed by atoms with van der Waals surface area (Å²) in [5.74, 6) is -1.08. The number of anilines is 1. The molecule has 0 aliphatic heterocycles. The normalized spacial score (nSPS) is 11.3. The van der Waals surface area contributed by atoms with Crippen LogP contribution in [0.4, 0.5) is 10.1 Å². The first-order valence-corrected chi connectivity index (χ1v) is 10.7. The number of halogens is 1. The van der Waals surface area contributed by atoms with Crippen LogP contribution in [0.3, 0.4) is 0 Å². The fourth-order valence-corrected chi connectivity index (χ4v) is 3.74. The summed E-state index contributed by atoms with van der Waals surface area (Å²) >= 11 is 0. The van der Waals surface area contributed by atoms with E-state index in [0.29, 0.717) is 24.6 Å². The molecule has 3 aromatic rings. The van der Waals surface area contributed by atoms with Gasteiger partial charge in [-0.3, -0.25) is 9.48 Å². The van der Waals surface area contributed by atoms with Gasteiger partial charge in [0.25, 0.3) is 5.91 Å². The maximum absolute atomic E-state index is 14.2. The minimum Gasteiger partial charge on any atom is -0.492 e. The zero-order valence-electron chi connectivity index (χ0n) is 16.2. The van der Waals surface area contributed by atoms with Crippen molar-refractivity contribution >= 4 is 21.6 Å². The first-order chi connectivity index (χ1) is 14.4. The van der Waals surface area contributed by atoms with E-state index in [0.717, 1.165) is 18.2 Å². The molecular formula is C20H21FN4O4S. The molecule has 0 radical (unpaired) electrons. The van der Waals surface area contributed by atoms with E-state index < -0.39 is 21.7 Å². The summed E-state index contributed by atoms with van der Waals surface area (Å²) in [6, 6.07) is 11.5. The van der Waals surface area contributed by atoms with Crippen LogP contribution in [-0.2, 0) is 16.6 Å². The fraction of sp³-hybridized carbons (Fsp3) is 0.200. The predicted octanol–water partition coefficient (Wildman–Crippen LogP) is 2.65. The van der Waals surface area contributed by atoms with Crippen molar-refractivity contribution in [1.82, 2.24) is 14.5 Å². The molecule has 3 rings (SSSR count). The molecule has 0 fully saturated rings. The summed E-state index contributed by atoms with van der Waals surface area (Å²) in [6.07, 6.45) is 3.49. The van der Waals surface area contributed by atoms with Gasteiger partial charge in [0.15, 0.2) is 0 Å². The van der Waals surface area contributed by atoms with Gasteiger partial charge in [-0.25, -0.2) is 17.5 Å². The third-order valence-electron chi connectivity index (χ3n) is 4.07. The number of nitrogens with zero attached hydrogens (tertiary/aromatic N) is 2. The average molecular weight is 432 g/mol. The lowest BCUT2D eigenvalue weighted by Crippen LogP contribution is -2.24. The van der Waals surface area contributed by atoms with Gasteiger partial charge in [-0.05, 0) is 36.4 Å². The molecule has 2 N–H and O–H groups in total. The fourth-order valence-electron chi connectivity index (χ4n) is 2.67. The minimum atomic E-state index is -3.82. The number of hydrogen-bond acceptors (Lipinski definition) is 5. The highest BCUT2D eigenvalue weighted by Crippen LogP contribution is 2.20. The quantitative estimate of drug-likeness (QED) is 0.541. The summed E-state index contributed by atoms with van der Waals surface area (Å²) in [7, 11) is -3.82. The summed E-state index contributed by atoms with van der Waals surface area (Å²) in [5, 5.41) is 6.64. The van der Waals surface area contributed by atoms with Gasteiger partial charge in [0.1, 0.15) is 18.2 Å². The Morgan fingerprint density at radius 3 is 2.77 bits per heavy atom. The number of ether oxygens (including phenoxy) is 1. The Bertz CT molecular complexity index is 1120. The number of carbonyl (C=O) groups excluding carboxylic acids is 1. The summed E-state index contributed by atoms with van der Waals surface area (Å²) < 4.78 is 48.1. The maximum atomic E-state index is 14.2. The summed E-state index contributed by atoms with van der Waals surface area (Å²) in [6.45, 7) is 2.73. The lowest BCUT2D eigenvalue weighted by atomic mass is 10.2. The van der Waals surface area contributed by atoms with Crippen LogP contribution in [0.2, 0.25) is 0 Å². The molecule has 0 aliphatic rings. The zero-order valence-corrected chi connectivity index (χ0v) is 17.0. The monoisotopic (exact) mass is 432 g/mol. The highest BCUT2D eigenvalue weighted by Gasteiger charge is 2.19. The van der Waals surface area contributed by atoms with Crippen LogP contribution < -0.4 is 14.8 Å². The topological polar surface area (TPSA) is 102 Å². The third-order valence-corrected chi connectivity index (χ3v) is 5.61. The molecule has 0 unspecified atom stereocenters. The maximum Gasteiger partial charge on any atom is 0.258 e. The molecule has 1 amide bonds. The highest BCUT2D eigenvalue weighted by molar-refractivity contribution is 7.89. The van der Waals surface area contributed by atoms with Crippen LogP contribution in [0, 0.1) is 5.82 Å². The SMILES string of the molecule is CCNS(=O)(=O)c1ccc(F)c(C(=O)Nc2cccc(OCCn3cccn3)c2)c1. The van der Waals surface area contributed by atoms with Gasteiger partial charge >= 0.3 is 0 Å². The number of benzene rings is 2. The Morgan fingerprint density at radius 2 is 2.03 bits per heavy atom. The Hall–Kier alpha value is -3.24. The van der Waals surface area contributed by atoms with Crippen LogP contribution in [-0.4, -0.2) is 37.3 Å². The molecule has 0 saturated carbocycles. The Balaban J connectivity index is 1.70. The van der Waals surface area contributed by atoms with Crippen molar-refractivity contribution in [3.8, 4) is 5.75 Å². The van der Waals surface area contributed by atoms with Gasteiger partial charge in [0.2, 0.25) is 10.0 Å². The van der Waals surface area contributed by atoms with E-state index in [2.05, 4.69) is 15.1 Å². The third kappa shape index (κ3) is 5.43. The van der Waals surface area contributed by atoms with Crippen molar-refractivity contribution < 1.29 is 22.3 Å². The van der Waals surface area contributed by atoms with Crippen LogP contribution in [0.15, 0.2) is 65.8 Å². The van der Waals surface area contributed by atoms with E-state index in [9.17, 15) is 17.6 Å². The van der Waals surface area contributed by atoms with Crippen molar-refractivity contribution in [3.05, 3.63) is 72.3 Å². The van der Waals surface area contributed by atoms with Gasteiger partial charge in [-0.15, -0.1) is 0 Å². The number of nitrogens with one attached hydrogen (secondary N) is 2. The first-order valence-electron chi connectivity index (χ1n) is 9.20. The molecular weight excluding hydrogens is 411 g/mol. The highest BCUT2D eigenvalue weighted by atomic mass is 32.2. The van der Waals surface area contributed by atoms with E-state index in [1.54, 1.807) is 42.1 Å². The van der Waals surface area contributed by atoms with Crippen molar-refractivity contribution in [3.63, 3.8) is 0 Å². The van der Waals surface area contributed by atoms with E-state index >= 15 is 0 Å². The molecule has 0 bridgehead atoms. The van der Waals surface area contributed by atoms with Crippen LogP contribution in [0.1, 0.15) is 17.3 Å². The van der Waals surface area contributed by atoms with Crippen LogP contribution in [0.5, 0.6) is 5.75 Å². The van der Waals surface area contributed by atoms with E-state index in [-0.39, 0.29) is 17.0 Å². The van der Waals surface area contributed by atoms with Crippen molar-refractivity contribution in [2.45, 2.75) is 18.4 Å². The van der Waals surface area contributed by atoms with Crippen molar-refractivity contribution in [2.24, 2.45) is 0 Å². The Labute approximate surface area is 173 Å². The standard InChI is InChI=1S/C20H21FN4O4S/c1-2-23-30(27,28)17-7-8-19(21)18(14-17)20(26)24-15-5-3-6-16(13-15)29-12-11-25-10-4-9-22-25/h3-10,13-14,23H,2,11-12H2,1H3,(H,24,26). The molecule has 158 valence electrons. The second kappa shape index (κ2) is 9.51. The van der Waals surface area contributed by atoms with E-state index in [4.69, 9.17) is 4.74 Å². The molecule has 1 aromatic heterocycles. The van der Waals surface area contributed by atoms with Gasteiger partial charge in [-0.2, -0.15) is 5.10 Å². The van der Waals surface area contributed by atoms with Crippen molar-refractivity contribution in [1.29, 1.82) is 0 Å². The molecule has 30 heavy (non-hydrogen) atoms. The molecule has 0 saturated heterocycles. The van der Waals surface area contributed by atoms with Gasteiger partial charge in [0.05, 0.1) is 17.0 Å². The number of aromatic nitrogens is 2. The van der Waals surface area contributed by atoms with Crippen LogP contribution in [0.25, 0.3) is 0 Å². The molecule has 10 heteroatoms. The molecule has 1 heterocycles. The molecule has 0 atom stereocenters. The average Bonchev–Trinajstić information content (AvgIpc) is 3.22. The zero-order chi connectivity index (χ0) is 21.6. The largest absolute Gasteiger partial charge is 0.492 e. The minimum absolute atomic E-state index is 0.175. The second-order valence-corrected chi connectivity index (χ2v) is 8.01. The predicted molar refractivity (Wildman–Crippen MR) is 109 cm³/mol.